The number of hydrogen-bond donors (Lipinski definition) is 1. The quantitative estimate of drug-likeness (QED) is 0.530. The molecule has 0 atom stereocenters. The molecule has 0 bridgehead atoms. The monoisotopic (exact) mass is 412 g/mol. The van der Waals surface area contributed by atoms with Crippen LogP contribution in [0.4, 0.5) is 0 Å². The molecule has 0 aliphatic carbocycles. The number of carboxylic acid groups (broad SMARTS) is 1. The minimum atomic E-state index is -1.20. The van der Waals surface area contributed by atoms with Gasteiger partial charge in [-0.15, -0.1) is 0 Å². The van der Waals surface area contributed by atoms with Crippen molar-refractivity contribution >= 4 is 29.9 Å². The number of aliphatic carboxylic acids is 1. The zero-order chi connectivity index (χ0) is 15.4. The Hall–Kier alpha value is -2.07. The van der Waals surface area contributed by atoms with Crippen molar-refractivity contribution in [3.8, 4) is 0 Å². The van der Waals surface area contributed by atoms with Crippen LogP contribution in [0, 0.1) is 0 Å². The molecule has 0 saturated carbocycles. The zero-order valence-electron chi connectivity index (χ0n) is 12.0. The second-order valence-electron chi connectivity index (χ2n) is 5.15. The molecule has 3 aromatic carbocycles. The molecule has 0 radical (unpaired) electrons. The van der Waals surface area contributed by atoms with E-state index >= 15 is 0 Å². The molecule has 3 rings (SSSR count). The molecule has 2 nitrogen and oxygen atoms in total. The summed E-state index contributed by atoms with van der Waals surface area (Å²) in [5.41, 5.74) is 1.05. The summed E-state index contributed by atoms with van der Waals surface area (Å²) in [4.78, 5) is 12.4. The van der Waals surface area contributed by atoms with Crippen LogP contribution in [0.15, 0.2) is 91.0 Å². The molecule has 0 saturated heterocycles. The molecule has 0 spiro atoms. The summed E-state index contributed by atoms with van der Waals surface area (Å²) in [7, 11) is 0. The van der Waals surface area contributed by atoms with Crippen molar-refractivity contribution in [2.75, 3.05) is 0 Å². The van der Waals surface area contributed by atoms with Crippen LogP contribution in [0.25, 0.3) is 0 Å². The van der Waals surface area contributed by atoms with Crippen molar-refractivity contribution in [2.24, 2.45) is 0 Å². The van der Waals surface area contributed by atoms with Crippen molar-refractivity contribution in [2.45, 2.75) is 5.41 Å². The first-order chi connectivity index (χ1) is 10.8. The second-order valence-corrected chi connectivity index (χ2v) is 5.15. The maximum absolute atomic E-state index is 12.4. The van der Waals surface area contributed by atoms with E-state index in [1.165, 1.54) is 0 Å². The van der Waals surface area contributed by atoms with Crippen LogP contribution >= 0.6 is 0 Å². The van der Waals surface area contributed by atoms with E-state index in [9.17, 15) is 9.90 Å². The molecular weight excluding hydrogens is 391 g/mol. The third-order valence-corrected chi connectivity index (χ3v) is 3.94. The van der Waals surface area contributed by atoms with Crippen LogP contribution in [0.3, 0.4) is 0 Å². The molecule has 0 aromatic heterocycles. The fraction of sp³-hybridized carbons (Fsp3) is 0.0500. The first kappa shape index (κ1) is 17.3. The Bertz CT molecular complexity index is 659. The van der Waals surface area contributed by atoms with Crippen LogP contribution in [0.2, 0.25) is 0 Å². The van der Waals surface area contributed by atoms with E-state index in [2.05, 4.69) is 0 Å². The first-order valence-electron chi connectivity index (χ1n) is 7.16. The Morgan fingerprint density at radius 2 is 0.870 bits per heavy atom. The van der Waals surface area contributed by atoms with E-state index < -0.39 is 11.4 Å². The number of carboxylic acids is 1. The molecule has 0 amide bonds. The van der Waals surface area contributed by atoms with Gasteiger partial charge in [0.25, 0.3) is 0 Å². The van der Waals surface area contributed by atoms with E-state index in [0.29, 0.717) is 0 Å². The molecule has 0 aliphatic rings. The number of hydrogen-bond acceptors (Lipinski definition) is 1. The Labute approximate surface area is 152 Å². The molecular formula is C20H20O2Sn. The number of carbonyl (C=O) groups is 1. The normalized spacial score (nSPS) is 10.6. The number of benzene rings is 3. The standard InChI is InChI=1S/C20H16O2.Sn.4H/c21-19(22)20(16-10-4-1-5-11-16,17-12-6-2-7-13-17)18-14-8-3-9-15-18;;;;;/h1-15H,(H,21,22);;;;;. The molecule has 0 heterocycles. The molecule has 3 aromatic rings. The van der Waals surface area contributed by atoms with Crippen molar-refractivity contribution < 1.29 is 9.90 Å². The van der Waals surface area contributed by atoms with Gasteiger partial charge in [-0.3, -0.25) is 4.79 Å². The number of rotatable bonds is 4. The van der Waals surface area contributed by atoms with Gasteiger partial charge < -0.3 is 5.11 Å². The van der Waals surface area contributed by atoms with Crippen LogP contribution < -0.4 is 0 Å². The van der Waals surface area contributed by atoms with Gasteiger partial charge >= 0.3 is 29.9 Å². The molecule has 23 heavy (non-hydrogen) atoms. The third kappa shape index (κ3) is 3.04. The summed E-state index contributed by atoms with van der Waals surface area (Å²) in [6.45, 7) is 0. The molecule has 1 N–H and O–H groups in total. The summed E-state index contributed by atoms with van der Waals surface area (Å²) < 4.78 is 0. The Morgan fingerprint density at radius 3 is 1.09 bits per heavy atom. The topological polar surface area (TPSA) is 37.3 Å². The second kappa shape index (κ2) is 7.46. The van der Waals surface area contributed by atoms with Gasteiger partial charge in [0.1, 0.15) is 5.41 Å². The molecule has 3 heteroatoms. The van der Waals surface area contributed by atoms with Gasteiger partial charge in [0.05, 0.1) is 0 Å². The summed E-state index contributed by atoms with van der Waals surface area (Å²) in [5.74, 6) is -0.879. The van der Waals surface area contributed by atoms with Gasteiger partial charge in [-0.05, 0) is 16.7 Å². The van der Waals surface area contributed by atoms with E-state index in [-0.39, 0.29) is 23.9 Å². The van der Waals surface area contributed by atoms with Crippen LogP contribution in [-0.4, -0.2) is 35.0 Å². The zero-order valence-corrected chi connectivity index (χ0v) is 12.0. The fourth-order valence-corrected chi connectivity index (χ4v) is 2.93. The summed E-state index contributed by atoms with van der Waals surface area (Å²) in [6, 6.07) is 28.1. The average molecular weight is 411 g/mol. The van der Waals surface area contributed by atoms with Gasteiger partial charge in [0, 0.05) is 0 Å². The van der Waals surface area contributed by atoms with Gasteiger partial charge in [-0.2, -0.15) is 0 Å². The first-order valence-corrected chi connectivity index (χ1v) is 7.16. The molecule has 0 fully saturated rings. The SMILES string of the molecule is O=C(O)C(c1ccccc1)(c1ccccc1)c1ccccc1.[SnH4]. The predicted molar refractivity (Wildman–Crippen MR) is 98.2 cm³/mol. The molecule has 0 aliphatic heterocycles. The van der Waals surface area contributed by atoms with Crippen molar-refractivity contribution in [3.05, 3.63) is 108 Å². The summed E-state index contributed by atoms with van der Waals surface area (Å²) in [5, 5.41) is 10.2. The third-order valence-electron chi connectivity index (χ3n) is 3.94. The van der Waals surface area contributed by atoms with Gasteiger partial charge in [0.15, 0.2) is 0 Å². The maximum atomic E-state index is 12.4. The van der Waals surface area contributed by atoms with Gasteiger partial charge in [-0.1, -0.05) is 91.0 Å². The Kier molecular flexibility index (Phi) is 5.61. The van der Waals surface area contributed by atoms with Crippen LogP contribution in [-0.2, 0) is 10.2 Å². The predicted octanol–water partition coefficient (Wildman–Crippen LogP) is 2.65. The van der Waals surface area contributed by atoms with Crippen molar-refractivity contribution in [1.82, 2.24) is 0 Å². The summed E-state index contributed by atoms with van der Waals surface area (Å²) in [6.07, 6.45) is 0. The van der Waals surface area contributed by atoms with E-state index in [1.807, 2.05) is 91.0 Å². The Morgan fingerprint density at radius 1 is 0.609 bits per heavy atom. The fourth-order valence-electron chi connectivity index (χ4n) is 2.93. The van der Waals surface area contributed by atoms with E-state index in [1.54, 1.807) is 0 Å². The van der Waals surface area contributed by atoms with Gasteiger partial charge in [-0.25, -0.2) is 0 Å². The molecule has 0 unspecified atom stereocenters. The van der Waals surface area contributed by atoms with E-state index in [4.69, 9.17) is 0 Å². The Balaban J connectivity index is 0.00000192. The van der Waals surface area contributed by atoms with Crippen molar-refractivity contribution in [1.29, 1.82) is 0 Å². The van der Waals surface area contributed by atoms with Crippen LogP contribution in [0.1, 0.15) is 16.7 Å². The summed E-state index contributed by atoms with van der Waals surface area (Å²) >= 11 is 0. The van der Waals surface area contributed by atoms with Gasteiger partial charge in [0.2, 0.25) is 0 Å². The van der Waals surface area contributed by atoms with Crippen LogP contribution in [0.5, 0.6) is 0 Å². The molecule has 116 valence electrons. The average Bonchev–Trinajstić information content (AvgIpc) is 2.58. The van der Waals surface area contributed by atoms with E-state index in [0.717, 1.165) is 16.7 Å². The minimum absolute atomic E-state index is 0. The van der Waals surface area contributed by atoms with Crippen molar-refractivity contribution in [3.63, 3.8) is 0 Å².